The molecule has 0 atom stereocenters. The van der Waals surface area contributed by atoms with E-state index in [2.05, 4.69) is 36.6 Å². The molecule has 0 radical (unpaired) electrons. The molecule has 1 aliphatic rings. The van der Waals surface area contributed by atoms with Gasteiger partial charge in [0.1, 0.15) is 0 Å². The van der Waals surface area contributed by atoms with Gasteiger partial charge < -0.3 is 4.57 Å². The van der Waals surface area contributed by atoms with Crippen LogP contribution in [0.15, 0.2) is 65.6 Å². The summed E-state index contributed by atoms with van der Waals surface area (Å²) >= 11 is 6.87. The summed E-state index contributed by atoms with van der Waals surface area (Å²) < 4.78 is 2.77. The third-order valence-electron chi connectivity index (χ3n) is 4.92. The highest BCUT2D eigenvalue weighted by atomic mass is 32.2. The first kappa shape index (κ1) is 18.7. The summed E-state index contributed by atoms with van der Waals surface area (Å²) in [6, 6.07) is 20.2. The van der Waals surface area contributed by atoms with E-state index in [1.54, 1.807) is 4.90 Å². The van der Waals surface area contributed by atoms with Crippen LogP contribution in [0.3, 0.4) is 0 Å². The van der Waals surface area contributed by atoms with Gasteiger partial charge in [0.05, 0.1) is 10.6 Å². The zero-order valence-electron chi connectivity index (χ0n) is 16.0. The van der Waals surface area contributed by atoms with Crippen LogP contribution >= 0.6 is 24.0 Å². The minimum atomic E-state index is -0.0613. The lowest BCUT2D eigenvalue weighted by Gasteiger charge is -2.16. The summed E-state index contributed by atoms with van der Waals surface area (Å²) in [6.45, 7) is 6.15. The third kappa shape index (κ3) is 3.21. The van der Waals surface area contributed by atoms with Gasteiger partial charge in [0.25, 0.3) is 5.91 Å². The van der Waals surface area contributed by atoms with E-state index in [1.165, 1.54) is 11.8 Å². The molecule has 140 valence electrons. The number of rotatable bonds is 3. The molecule has 0 bridgehead atoms. The van der Waals surface area contributed by atoms with Crippen LogP contribution in [0.25, 0.3) is 11.8 Å². The van der Waals surface area contributed by atoms with Crippen molar-refractivity contribution in [3.05, 3.63) is 88.1 Å². The Hall–Kier alpha value is -2.63. The molecule has 3 nitrogen and oxygen atoms in total. The van der Waals surface area contributed by atoms with E-state index in [-0.39, 0.29) is 5.91 Å². The Kier molecular flexibility index (Phi) is 4.96. The summed E-state index contributed by atoms with van der Waals surface area (Å²) in [5, 5.41) is 0. The van der Waals surface area contributed by atoms with Crippen molar-refractivity contribution in [3.63, 3.8) is 0 Å². The van der Waals surface area contributed by atoms with Crippen LogP contribution in [0.2, 0.25) is 0 Å². The average molecular weight is 405 g/mol. The van der Waals surface area contributed by atoms with Gasteiger partial charge >= 0.3 is 0 Å². The molecule has 2 heterocycles. The third-order valence-corrected chi connectivity index (χ3v) is 6.22. The van der Waals surface area contributed by atoms with E-state index in [4.69, 9.17) is 12.2 Å². The van der Waals surface area contributed by atoms with Crippen LogP contribution in [-0.4, -0.2) is 14.8 Å². The van der Waals surface area contributed by atoms with Gasteiger partial charge in [-0.3, -0.25) is 9.69 Å². The van der Waals surface area contributed by atoms with Gasteiger partial charge in [-0.15, -0.1) is 0 Å². The summed E-state index contributed by atoms with van der Waals surface area (Å²) in [6.07, 6.45) is 1.96. The largest absolute Gasteiger partial charge is 0.318 e. The number of para-hydroxylation sites is 2. The van der Waals surface area contributed by atoms with E-state index in [1.807, 2.05) is 55.5 Å². The van der Waals surface area contributed by atoms with Crippen LogP contribution in [0.4, 0.5) is 5.69 Å². The second kappa shape index (κ2) is 7.41. The Balaban J connectivity index is 1.72. The molecule has 0 spiro atoms. The monoisotopic (exact) mass is 404 g/mol. The zero-order chi connectivity index (χ0) is 19.8. The van der Waals surface area contributed by atoms with E-state index in [0.717, 1.165) is 33.9 Å². The predicted molar refractivity (Wildman–Crippen MR) is 122 cm³/mol. The molecule has 1 amide bonds. The second-order valence-electron chi connectivity index (χ2n) is 6.80. The Morgan fingerprint density at radius 3 is 2.36 bits per heavy atom. The van der Waals surface area contributed by atoms with Crippen molar-refractivity contribution in [3.8, 4) is 5.69 Å². The maximum atomic E-state index is 13.1. The molecule has 0 aliphatic carbocycles. The number of hydrogen-bond donors (Lipinski definition) is 0. The number of benzene rings is 2. The summed E-state index contributed by atoms with van der Waals surface area (Å²) in [5.74, 6) is -0.0613. The van der Waals surface area contributed by atoms with Gasteiger partial charge in [0, 0.05) is 17.1 Å². The fourth-order valence-corrected chi connectivity index (χ4v) is 4.81. The number of carbonyl (C=O) groups excluding carboxylic acids is 1. The van der Waals surface area contributed by atoms with Crippen LogP contribution in [0.5, 0.6) is 0 Å². The Labute approximate surface area is 174 Å². The number of aryl methyl sites for hydroxylation is 2. The lowest BCUT2D eigenvalue weighted by atomic mass is 10.2. The highest BCUT2D eigenvalue weighted by Crippen LogP contribution is 2.38. The first-order valence-electron chi connectivity index (χ1n) is 9.05. The number of hydrogen-bond acceptors (Lipinski definition) is 3. The van der Waals surface area contributed by atoms with E-state index in [9.17, 15) is 4.79 Å². The number of carbonyl (C=O) groups is 1. The van der Waals surface area contributed by atoms with Crippen molar-refractivity contribution in [1.82, 2.24) is 4.57 Å². The molecule has 1 fully saturated rings. The highest BCUT2D eigenvalue weighted by Gasteiger charge is 2.34. The average Bonchev–Trinajstić information content (AvgIpc) is 3.12. The zero-order valence-corrected chi connectivity index (χ0v) is 17.6. The lowest BCUT2D eigenvalue weighted by Crippen LogP contribution is -2.28. The van der Waals surface area contributed by atoms with E-state index < -0.39 is 0 Å². The van der Waals surface area contributed by atoms with Gasteiger partial charge in [-0.2, -0.15) is 0 Å². The first-order valence-corrected chi connectivity index (χ1v) is 10.3. The Bertz CT molecular complexity index is 1110. The molecule has 28 heavy (non-hydrogen) atoms. The summed E-state index contributed by atoms with van der Waals surface area (Å²) in [7, 11) is 0. The smallest absolute Gasteiger partial charge is 0.270 e. The number of aromatic nitrogens is 1. The number of nitrogens with zero attached hydrogens (tertiary/aromatic N) is 2. The number of amides is 1. The van der Waals surface area contributed by atoms with Crippen LogP contribution in [0.1, 0.15) is 22.5 Å². The van der Waals surface area contributed by atoms with Gasteiger partial charge in [0.15, 0.2) is 4.32 Å². The minimum Gasteiger partial charge on any atom is -0.318 e. The number of anilines is 1. The van der Waals surface area contributed by atoms with Gasteiger partial charge in [-0.25, -0.2) is 0 Å². The molecule has 1 saturated heterocycles. The molecular formula is C23H20N2OS2. The Morgan fingerprint density at radius 1 is 0.964 bits per heavy atom. The normalized spacial score (nSPS) is 15.7. The van der Waals surface area contributed by atoms with Crippen LogP contribution in [-0.2, 0) is 4.79 Å². The highest BCUT2D eigenvalue weighted by molar-refractivity contribution is 8.27. The molecule has 5 heteroatoms. The molecule has 2 aromatic carbocycles. The standard InChI is InChI=1S/C23H20N2OS2/c1-15-9-7-8-12-20(15)25-22(26)21(28-23(25)27)14-18-13-16(2)24(17(18)3)19-10-5-4-6-11-19/h4-14H,1-3H3. The molecule has 0 saturated carbocycles. The van der Waals surface area contributed by atoms with E-state index >= 15 is 0 Å². The fourth-order valence-electron chi connectivity index (χ4n) is 3.54. The molecule has 0 unspecified atom stereocenters. The number of thiocarbonyl (C=S) groups is 1. The topological polar surface area (TPSA) is 25.2 Å². The molecule has 3 aromatic rings. The van der Waals surface area contributed by atoms with Gasteiger partial charge in [-0.1, -0.05) is 60.4 Å². The maximum absolute atomic E-state index is 13.1. The minimum absolute atomic E-state index is 0.0613. The molecule has 1 aromatic heterocycles. The lowest BCUT2D eigenvalue weighted by molar-refractivity contribution is -0.113. The van der Waals surface area contributed by atoms with Crippen molar-refractivity contribution in [2.75, 3.05) is 4.90 Å². The van der Waals surface area contributed by atoms with Crippen molar-refractivity contribution in [2.24, 2.45) is 0 Å². The quantitative estimate of drug-likeness (QED) is 0.407. The van der Waals surface area contributed by atoms with Crippen molar-refractivity contribution < 1.29 is 4.79 Å². The molecule has 1 aliphatic heterocycles. The predicted octanol–water partition coefficient (Wildman–Crippen LogP) is 5.81. The number of thioether (sulfide) groups is 1. The summed E-state index contributed by atoms with van der Waals surface area (Å²) in [4.78, 5) is 15.4. The van der Waals surface area contributed by atoms with Gasteiger partial charge in [0.2, 0.25) is 0 Å². The van der Waals surface area contributed by atoms with Crippen molar-refractivity contribution in [1.29, 1.82) is 0 Å². The molecule has 4 rings (SSSR count). The molecule has 0 N–H and O–H groups in total. The van der Waals surface area contributed by atoms with Crippen LogP contribution in [0, 0.1) is 20.8 Å². The van der Waals surface area contributed by atoms with Crippen molar-refractivity contribution in [2.45, 2.75) is 20.8 Å². The molecular weight excluding hydrogens is 384 g/mol. The first-order chi connectivity index (χ1) is 13.5. The SMILES string of the molecule is Cc1ccccc1N1C(=O)C(=Cc2cc(C)n(-c3ccccc3)c2C)SC1=S. The van der Waals surface area contributed by atoms with Crippen molar-refractivity contribution >= 4 is 46.0 Å². The fraction of sp³-hybridized carbons (Fsp3) is 0.130. The Morgan fingerprint density at radius 2 is 1.64 bits per heavy atom. The maximum Gasteiger partial charge on any atom is 0.270 e. The van der Waals surface area contributed by atoms with Gasteiger partial charge in [-0.05, 0) is 62.2 Å². The van der Waals surface area contributed by atoms with Crippen LogP contribution < -0.4 is 4.90 Å². The second-order valence-corrected chi connectivity index (χ2v) is 8.48. The van der Waals surface area contributed by atoms with E-state index in [0.29, 0.717) is 9.23 Å². The summed E-state index contributed by atoms with van der Waals surface area (Å²) in [5.41, 5.74) is 6.26.